The van der Waals surface area contributed by atoms with Crippen LogP contribution in [0.4, 0.5) is 0 Å². The number of nitrogens with one attached hydrogen (secondary N) is 1. The van der Waals surface area contributed by atoms with Crippen molar-refractivity contribution in [1.82, 2.24) is 5.43 Å². The minimum Gasteiger partial charge on any atom is -0.459 e. The summed E-state index contributed by atoms with van der Waals surface area (Å²) in [5.74, 6) is 4.47. The summed E-state index contributed by atoms with van der Waals surface area (Å²) in [5.41, 5.74) is 1.54. The molecule has 0 saturated heterocycles. The highest BCUT2D eigenvalue weighted by atomic mass is 32.2. The van der Waals surface area contributed by atoms with Gasteiger partial charge in [0, 0.05) is 0 Å². The van der Waals surface area contributed by atoms with Crippen molar-refractivity contribution in [2.45, 2.75) is 38.5 Å². The average molecular weight is 234 g/mol. The summed E-state index contributed by atoms with van der Waals surface area (Å²) in [6, 6.07) is 0. The van der Waals surface area contributed by atoms with Crippen LogP contribution in [0, 0.1) is 0 Å². The highest BCUT2D eigenvalue weighted by Gasteiger charge is 2.19. The molecule has 3 N–H and O–H groups in total. The normalized spacial score (nSPS) is 13.1. The maximum absolute atomic E-state index is 11.3. The molecular weight excluding hydrogens is 216 g/mol. The molecule has 0 bridgehead atoms. The molecule has 0 saturated carbocycles. The number of hydrazine groups is 1. The molecule has 0 aliphatic carbocycles. The fraction of sp³-hybridized carbons (Fsp3) is 0.778. The van der Waals surface area contributed by atoms with Crippen LogP contribution in [0.15, 0.2) is 0 Å². The van der Waals surface area contributed by atoms with E-state index in [2.05, 4.69) is 0 Å². The summed E-state index contributed by atoms with van der Waals surface area (Å²) in [6.45, 7) is 7.07. The van der Waals surface area contributed by atoms with Gasteiger partial charge >= 0.3 is 5.97 Å². The largest absolute Gasteiger partial charge is 0.459 e. The van der Waals surface area contributed by atoms with Gasteiger partial charge in [-0.05, 0) is 27.7 Å². The summed E-state index contributed by atoms with van der Waals surface area (Å²) in [4.78, 5) is 22.3. The smallest absolute Gasteiger partial charge is 0.316 e. The molecule has 5 nitrogen and oxygen atoms in total. The SMILES string of the molecule is CC(SCC(=O)OC(C)(C)C)C(=O)NN. The Hall–Kier alpha value is -0.750. The third kappa shape index (κ3) is 7.21. The zero-order valence-electron chi connectivity index (χ0n) is 9.49. The Kier molecular flexibility index (Phi) is 5.67. The summed E-state index contributed by atoms with van der Waals surface area (Å²) in [5, 5.41) is -0.359. The Labute approximate surface area is 94.1 Å². The van der Waals surface area contributed by atoms with Crippen molar-refractivity contribution in [3.8, 4) is 0 Å². The first-order chi connectivity index (χ1) is 6.76. The maximum Gasteiger partial charge on any atom is 0.316 e. The molecule has 0 spiro atoms. The molecule has 0 aromatic carbocycles. The second-order valence-electron chi connectivity index (χ2n) is 4.05. The van der Waals surface area contributed by atoms with E-state index in [1.165, 1.54) is 11.8 Å². The quantitative estimate of drug-likeness (QED) is 0.319. The first-order valence-electron chi connectivity index (χ1n) is 4.60. The lowest BCUT2D eigenvalue weighted by atomic mass is 10.2. The minimum atomic E-state index is -0.489. The lowest BCUT2D eigenvalue weighted by Gasteiger charge is -2.19. The van der Waals surface area contributed by atoms with Crippen molar-refractivity contribution in [2.24, 2.45) is 5.84 Å². The van der Waals surface area contributed by atoms with Crippen LogP contribution in [-0.4, -0.2) is 28.5 Å². The fourth-order valence-corrected chi connectivity index (χ4v) is 1.42. The van der Waals surface area contributed by atoms with Crippen molar-refractivity contribution in [1.29, 1.82) is 0 Å². The molecule has 0 heterocycles. The van der Waals surface area contributed by atoms with Gasteiger partial charge < -0.3 is 4.74 Å². The van der Waals surface area contributed by atoms with Crippen LogP contribution in [-0.2, 0) is 14.3 Å². The van der Waals surface area contributed by atoms with Crippen LogP contribution in [0.5, 0.6) is 0 Å². The monoisotopic (exact) mass is 234 g/mol. The van der Waals surface area contributed by atoms with Crippen molar-refractivity contribution in [3.63, 3.8) is 0 Å². The lowest BCUT2D eigenvalue weighted by Crippen LogP contribution is -2.36. The first kappa shape index (κ1) is 14.2. The van der Waals surface area contributed by atoms with Gasteiger partial charge in [-0.25, -0.2) is 5.84 Å². The topological polar surface area (TPSA) is 81.4 Å². The van der Waals surface area contributed by atoms with Crippen LogP contribution in [0.25, 0.3) is 0 Å². The highest BCUT2D eigenvalue weighted by molar-refractivity contribution is 8.01. The van der Waals surface area contributed by atoms with E-state index in [1.54, 1.807) is 27.7 Å². The lowest BCUT2D eigenvalue weighted by molar-refractivity contribution is -0.151. The number of esters is 1. The number of rotatable bonds is 4. The van der Waals surface area contributed by atoms with Crippen molar-refractivity contribution >= 4 is 23.6 Å². The van der Waals surface area contributed by atoms with Crippen LogP contribution in [0.3, 0.4) is 0 Å². The Morgan fingerprint density at radius 1 is 1.47 bits per heavy atom. The van der Waals surface area contributed by atoms with Crippen molar-refractivity contribution in [3.05, 3.63) is 0 Å². The molecule has 0 radical (unpaired) electrons. The van der Waals surface area contributed by atoms with Crippen LogP contribution in [0.1, 0.15) is 27.7 Å². The maximum atomic E-state index is 11.3. The Balaban J connectivity index is 3.86. The molecule has 1 atom stereocenters. The van der Waals surface area contributed by atoms with Crippen LogP contribution in [0.2, 0.25) is 0 Å². The van der Waals surface area contributed by atoms with E-state index >= 15 is 0 Å². The molecule has 0 aromatic rings. The zero-order valence-corrected chi connectivity index (χ0v) is 10.3. The van der Waals surface area contributed by atoms with E-state index in [9.17, 15) is 9.59 Å². The Morgan fingerprint density at radius 2 is 2.00 bits per heavy atom. The fourth-order valence-electron chi connectivity index (χ4n) is 0.757. The van der Waals surface area contributed by atoms with E-state index in [0.717, 1.165) is 0 Å². The van der Waals surface area contributed by atoms with Gasteiger partial charge in [-0.15, -0.1) is 11.8 Å². The second-order valence-corrected chi connectivity index (χ2v) is 5.38. The van der Waals surface area contributed by atoms with E-state index in [0.29, 0.717) is 0 Å². The van der Waals surface area contributed by atoms with E-state index in [4.69, 9.17) is 10.6 Å². The van der Waals surface area contributed by atoms with Crippen LogP contribution >= 0.6 is 11.8 Å². The molecule has 15 heavy (non-hydrogen) atoms. The summed E-state index contributed by atoms with van der Waals surface area (Å²) in [7, 11) is 0. The summed E-state index contributed by atoms with van der Waals surface area (Å²) < 4.78 is 5.08. The standard InChI is InChI=1S/C9H18N2O3S/c1-6(8(13)11-10)15-5-7(12)14-9(2,3)4/h6H,5,10H2,1-4H3,(H,11,13). The molecule has 6 heteroatoms. The number of hydrogen-bond donors (Lipinski definition) is 2. The first-order valence-corrected chi connectivity index (χ1v) is 5.65. The van der Waals surface area contributed by atoms with Gasteiger partial charge in [-0.1, -0.05) is 0 Å². The predicted molar refractivity (Wildman–Crippen MR) is 60.1 cm³/mol. The molecule has 0 aliphatic heterocycles. The van der Waals surface area contributed by atoms with E-state index < -0.39 is 5.60 Å². The van der Waals surface area contributed by atoms with Crippen LogP contribution < -0.4 is 11.3 Å². The van der Waals surface area contributed by atoms with Gasteiger partial charge in [0.2, 0.25) is 5.91 Å². The number of carbonyl (C=O) groups is 2. The van der Waals surface area contributed by atoms with Gasteiger partial charge in [0.25, 0.3) is 0 Å². The van der Waals surface area contributed by atoms with Gasteiger partial charge in [0.1, 0.15) is 5.60 Å². The number of thioether (sulfide) groups is 1. The molecule has 1 amide bonds. The number of carbonyl (C=O) groups excluding carboxylic acids is 2. The second kappa shape index (κ2) is 5.97. The molecule has 0 fully saturated rings. The van der Waals surface area contributed by atoms with Crippen molar-refractivity contribution < 1.29 is 14.3 Å². The molecular formula is C9H18N2O3S. The zero-order chi connectivity index (χ0) is 12.1. The molecule has 0 rings (SSSR count). The average Bonchev–Trinajstić information content (AvgIpc) is 2.10. The van der Waals surface area contributed by atoms with Gasteiger partial charge in [0.05, 0.1) is 11.0 Å². The van der Waals surface area contributed by atoms with E-state index in [1.807, 2.05) is 5.43 Å². The third-order valence-electron chi connectivity index (χ3n) is 1.38. The van der Waals surface area contributed by atoms with Gasteiger partial charge in [-0.3, -0.25) is 15.0 Å². The summed E-state index contributed by atoms with van der Waals surface area (Å²) in [6.07, 6.45) is 0. The third-order valence-corrected chi connectivity index (χ3v) is 2.50. The van der Waals surface area contributed by atoms with Crippen molar-refractivity contribution in [2.75, 3.05) is 5.75 Å². The van der Waals surface area contributed by atoms with Gasteiger partial charge in [-0.2, -0.15) is 0 Å². The molecule has 1 unspecified atom stereocenters. The minimum absolute atomic E-state index is 0.145. The van der Waals surface area contributed by atoms with E-state index in [-0.39, 0.29) is 22.9 Å². The number of ether oxygens (including phenoxy) is 1. The number of amides is 1. The molecule has 0 aromatic heterocycles. The Bertz CT molecular complexity index is 238. The molecule has 88 valence electrons. The van der Waals surface area contributed by atoms with Gasteiger partial charge in [0.15, 0.2) is 0 Å². The highest BCUT2D eigenvalue weighted by Crippen LogP contribution is 2.13. The summed E-state index contributed by atoms with van der Waals surface area (Å²) >= 11 is 1.19. The molecule has 0 aliphatic rings. The predicted octanol–water partition coefficient (Wildman–Crippen LogP) is 0.440. The number of nitrogens with two attached hydrogens (primary N) is 1. The Morgan fingerprint density at radius 3 is 2.40 bits per heavy atom. The number of hydrogen-bond acceptors (Lipinski definition) is 5.